The fourth-order valence-electron chi connectivity index (χ4n) is 1.91. The van der Waals surface area contributed by atoms with Crippen molar-refractivity contribution >= 4 is 10.0 Å². The molecule has 1 N–H and O–H groups in total. The van der Waals surface area contributed by atoms with Crippen LogP contribution in [0.5, 0.6) is 0 Å². The zero-order valence-corrected chi connectivity index (χ0v) is 12.1. The summed E-state index contributed by atoms with van der Waals surface area (Å²) in [5.74, 6) is 0. The molecule has 102 valence electrons. The summed E-state index contributed by atoms with van der Waals surface area (Å²) < 4.78 is 26.8. The third kappa shape index (κ3) is 3.78. The first-order valence-corrected chi connectivity index (χ1v) is 7.85. The minimum absolute atomic E-state index is 0.321. The predicted octanol–water partition coefficient (Wildman–Crippen LogP) is 2.94. The molecule has 1 aromatic carbocycles. The van der Waals surface area contributed by atoms with Crippen molar-refractivity contribution in [1.29, 1.82) is 0 Å². The van der Waals surface area contributed by atoms with Crippen LogP contribution >= 0.6 is 0 Å². The van der Waals surface area contributed by atoms with Gasteiger partial charge >= 0.3 is 0 Å². The van der Waals surface area contributed by atoms with Crippen molar-refractivity contribution in [2.75, 3.05) is 6.54 Å². The average molecular weight is 277 g/mol. The first-order valence-electron chi connectivity index (χ1n) is 6.37. The van der Waals surface area contributed by atoms with Crippen LogP contribution in [0.3, 0.4) is 0 Å². The van der Waals surface area contributed by atoms with Gasteiger partial charge < -0.3 is 0 Å². The Labute approximate surface area is 115 Å². The molecular weight excluding hydrogens is 258 g/mol. The summed E-state index contributed by atoms with van der Waals surface area (Å²) in [6, 6.07) is 6.88. The Morgan fingerprint density at radius 1 is 1.05 bits per heavy atom. The minimum atomic E-state index is -3.40. The molecular formula is C15H19NO2S. The molecule has 0 amide bonds. The molecule has 3 nitrogen and oxygen atoms in total. The lowest BCUT2D eigenvalue weighted by Gasteiger charge is -2.13. The number of sulfonamides is 1. The molecule has 0 spiro atoms. The Morgan fingerprint density at radius 2 is 1.74 bits per heavy atom. The number of hydrogen-bond donors (Lipinski definition) is 1. The highest BCUT2D eigenvalue weighted by atomic mass is 32.2. The summed E-state index contributed by atoms with van der Waals surface area (Å²) in [4.78, 5) is 0.321. The highest BCUT2D eigenvalue weighted by molar-refractivity contribution is 7.89. The lowest BCUT2D eigenvalue weighted by atomic mass is 10.0. The largest absolute Gasteiger partial charge is 0.240 e. The third-order valence-electron chi connectivity index (χ3n) is 3.25. The average Bonchev–Trinajstić information content (AvgIpc) is 2.39. The van der Waals surface area contributed by atoms with Crippen LogP contribution in [-0.4, -0.2) is 15.0 Å². The van der Waals surface area contributed by atoms with E-state index in [9.17, 15) is 8.42 Å². The van der Waals surface area contributed by atoms with Crippen LogP contribution in [0.2, 0.25) is 0 Å². The summed E-state index contributed by atoms with van der Waals surface area (Å²) in [5, 5.41) is 0. The van der Waals surface area contributed by atoms with Crippen LogP contribution < -0.4 is 4.72 Å². The quantitative estimate of drug-likeness (QED) is 0.860. The molecule has 4 heteroatoms. The zero-order chi connectivity index (χ0) is 13.9. The van der Waals surface area contributed by atoms with Gasteiger partial charge in [-0.3, -0.25) is 0 Å². The second-order valence-corrected chi connectivity index (χ2v) is 6.73. The summed E-state index contributed by atoms with van der Waals surface area (Å²) in [6.07, 6.45) is 6.01. The molecule has 0 atom stereocenters. The van der Waals surface area contributed by atoms with Crippen molar-refractivity contribution in [2.24, 2.45) is 0 Å². The van der Waals surface area contributed by atoms with Crippen LogP contribution in [-0.2, 0) is 10.0 Å². The molecule has 0 unspecified atom stereocenters. The van der Waals surface area contributed by atoms with E-state index in [1.807, 2.05) is 6.92 Å². The fourth-order valence-corrected chi connectivity index (χ4v) is 2.95. The Kier molecular flexibility index (Phi) is 4.22. The zero-order valence-electron chi connectivity index (χ0n) is 11.3. The predicted molar refractivity (Wildman–Crippen MR) is 77.4 cm³/mol. The number of aryl methyl sites for hydroxylation is 1. The van der Waals surface area contributed by atoms with E-state index < -0.39 is 10.0 Å². The maximum absolute atomic E-state index is 12.1. The molecule has 1 aliphatic rings. The second-order valence-electron chi connectivity index (χ2n) is 4.96. The smallest absolute Gasteiger partial charge is 0.207 e. The number of rotatable bonds is 4. The van der Waals surface area contributed by atoms with Gasteiger partial charge in [0, 0.05) is 6.54 Å². The van der Waals surface area contributed by atoms with Gasteiger partial charge in [-0.25, -0.2) is 13.1 Å². The molecule has 0 aliphatic heterocycles. The van der Waals surface area contributed by atoms with E-state index in [-0.39, 0.29) is 0 Å². The molecule has 1 aliphatic carbocycles. The van der Waals surface area contributed by atoms with Gasteiger partial charge in [-0.05, 0) is 38.8 Å². The summed E-state index contributed by atoms with van der Waals surface area (Å²) in [5.41, 5.74) is 3.51. The van der Waals surface area contributed by atoms with Crippen LogP contribution in [0.4, 0.5) is 0 Å². The molecule has 0 saturated heterocycles. The Bertz CT molecular complexity index is 610. The lowest BCUT2D eigenvalue weighted by molar-refractivity contribution is 0.584. The maximum Gasteiger partial charge on any atom is 0.240 e. The van der Waals surface area contributed by atoms with Gasteiger partial charge in [-0.1, -0.05) is 41.0 Å². The Morgan fingerprint density at radius 3 is 2.32 bits per heavy atom. The first-order chi connectivity index (χ1) is 8.97. The lowest BCUT2D eigenvalue weighted by Crippen LogP contribution is -2.26. The van der Waals surface area contributed by atoms with Crippen LogP contribution in [0.1, 0.15) is 25.3 Å². The topological polar surface area (TPSA) is 46.2 Å². The highest BCUT2D eigenvalue weighted by Gasteiger charge is 2.14. The van der Waals surface area contributed by atoms with Crippen molar-refractivity contribution in [3.63, 3.8) is 0 Å². The van der Waals surface area contributed by atoms with Gasteiger partial charge in [0.1, 0.15) is 0 Å². The fraction of sp³-hybridized carbons (Fsp3) is 0.333. The molecule has 0 bridgehead atoms. The summed E-state index contributed by atoms with van der Waals surface area (Å²) >= 11 is 0. The number of hydrogen-bond acceptors (Lipinski definition) is 2. The van der Waals surface area contributed by atoms with Gasteiger partial charge in [0.05, 0.1) is 4.90 Å². The van der Waals surface area contributed by atoms with Crippen LogP contribution in [0.15, 0.2) is 52.5 Å². The monoisotopic (exact) mass is 277 g/mol. The SMILES string of the molecule is CC1=CCC(CNS(=O)(=O)c2ccc(C)cc2)=CC1. The van der Waals surface area contributed by atoms with Crippen molar-refractivity contribution in [1.82, 2.24) is 4.72 Å². The van der Waals surface area contributed by atoms with E-state index in [0.717, 1.165) is 24.0 Å². The van der Waals surface area contributed by atoms with Crippen LogP contribution in [0, 0.1) is 6.92 Å². The molecule has 2 rings (SSSR count). The van der Waals surface area contributed by atoms with E-state index >= 15 is 0 Å². The molecule has 0 aromatic heterocycles. The summed E-state index contributed by atoms with van der Waals surface area (Å²) in [7, 11) is -3.40. The highest BCUT2D eigenvalue weighted by Crippen LogP contribution is 2.17. The van der Waals surface area contributed by atoms with E-state index in [2.05, 4.69) is 23.8 Å². The maximum atomic E-state index is 12.1. The Hall–Kier alpha value is -1.39. The van der Waals surface area contributed by atoms with Gasteiger partial charge in [0.15, 0.2) is 0 Å². The molecule has 0 heterocycles. The van der Waals surface area contributed by atoms with Gasteiger partial charge in [0.2, 0.25) is 10.0 Å². The number of benzene rings is 1. The minimum Gasteiger partial charge on any atom is -0.207 e. The van der Waals surface area contributed by atoms with E-state index in [0.29, 0.717) is 11.4 Å². The normalized spacial score (nSPS) is 15.9. The van der Waals surface area contributed by atoms with Crippen LogP contribution in [0.25, 0.3) is 0 Å². The molecule has 19 heavy (non-hydrogen) atoms. The van der Waals surface area contributed by atoms with Gasteiger partial charge in [-0.2, -0.15) is 0 Å². The third-order valence-corrected chi connectivity index (χ3v) is 4.66. The Balaban J connectivity index is 2.01. The standard InChI is InChI=1S/C15H19NO2S/c1-12-3-7-14(8-4-12)11-16-19(17,18)15-9-5-13(2)6-10-15/h3,5-6,8-10,16H,4,7,11H2,1-2H3. The van der Waals surface area contributed by atoms with E-state index in [1.54, 1.807) is 24.3 Å². The summed E-state index contributed by atoms with van der Waals surface area (Å²) in [6.45, 7) is 4.41. The van der Waals surface area contributed by atoms with Gasteiger partial charge in [0.25, 0.3) is 0 Å². The van der Waals surface area contributed by atoms with E-state index in [1.165, 1.54) is 5.57 Å². The van der Waals surface area contributed by atoms with Crippen molar-refractivity contribution in [2.45, 2.75) is 31.6 Å². The number of nitrogens with one attached hydrogen (secondary N) is 1. The molecule has 0 saturated carbocycles. The van der Waals surface area contributed by atoms with Crippen molar-refractivity contribution in [3.8, 4) is 0 Å². The van der Waals surface area contributed by atoms with Gasteiger partial charge in [-0.15, -0.1) is 0 Å². The van der Waals surface area contributed by atoms with E-state index in [4.69, 9.17) is 0 Å². The second kappa shape index (κ2) is 5.72. The molecule has 0 fully saturated rings. The number of allylic oxidation sites excluding steroid dienone is 3. The van der Waals surface area contributed by atoms with Crippen molar-refractivity contribution in [3.05, 3.63) is 53.1 Å². The van der Waals surface area contributed by atoms with Crippen molar-refractivity contribution < 1.29 is 8.42 Å². The molecule has 1 aromatic rings. The molecule has 0 radical (unpaired) electrons. The first kappa shape index (κ1) is 14.0.